The number of nitrogens with one attached hydrogen (secondary N) is 1. The second-order valence-electron chi connectivity index (χ2n) is 5.17. The minimum atomic E-state index is -1.15. The molecule has 0 aromatic heterocycles. The lowest BCUT2D eigenvalue weighted by atomic mass is 10.0. The second kappa shape index (κ2) is 8.39. The molecule has 0 heterocycles. The molecule has 6 nitrogen and oxygen atoms in total. The number of amides is 1. The van der Waals surface area contributed by atoms with E-state index >= 15 is 0 Å². The normalized spacial score (nSPS) is 13.7. The van der Waals surface area contributed by atoms with Gasteiger partial charge in [-0.05, 0) is 11.5 Å². The third kappa shape index (κ3) is 5.93. The zero-order valence-electron chi connectivity index (χ0n) is 12.3. The molecule has 1 aromatic carbocycles. The Hall–Kier alpha value is -1.92. The highest BCUT2D eigenvalue weighted by Gasteiger charge is 2.24. The van der Waals surface area contributed by atoms with Gasteiger partial charge in [-0.3, -0.25) is 4.79 Å². The van der Waals surface area contributed by atoms with Gasteiger partial charge in [0, 0.05) is 0 Å². The summed E-state index contributed by atoms with van der Waals surface area (Å²) in [5.74, 6) is -1.70. The molecule has 0 aliphatic heterocycles. The lowest BCUT2D eigenvalue weighted by Gasteiger charge is -2.19. The lowest BCUT2D eigenvalue weighted by molar-refractivity contribution is -0.144. The minimum absolute atomic E-state index is 0.0651. The van der Waals surface area contributed by atoms with E-state index in [2.05, 4.69) is 5.32 Å². The molecule has 1 aromatic rings. The largest absolute Gasteiger partial charge is 0.480 e. The van der Waals surface area contributed by atoms with Crippen LogP contribution in [-0.2, 0) is 20.9 Å². The van der Waals surface area contributed by atoms with E-state index < -0.39 is 24.0 Å². The molecule has 0 radical (unpaired) electrons. The Balaban J connectivity index is 2.47. The van der Waals surface area contributed by atoms with Gasteiger partial charge in [-0.15, -0.1) is 0 Å². The van der Waals surface area contributed by atoms with Gasteiger partial charge in [0.1, 0.15) is 0 Å². The van der Waals surface area contributed by atoms with Crippen molar-refractivity contribution in [2.75, 3.05) is 6.61 Å². The Kier molecular flexibility index (Phi) is 6.84. The maximum Gasteiger partial charge on any atom is 0.328 e. The fraction of sp³-hybridized carbons (Fsp3) is 0.467. The molecular formula is C15H22N2O4. The number of carbonyl (C=O) groups is 2. The fourth-order valence-electron chi connectivity index (χ4n) is 1.61. The molecule has 4 N–H and O–H groups in total. The van der Waals surface area contributed by atoms with E-state index in [1.807, 2.05) is 30.3 Å². The monoisotopic (exact) mass is 294 g/mol. The van der Waals surface area contributed by atoms with Crippen molar-refractivity contribution in [3.05, 3.63) is 35.9 Å². The van der Waals surface area contributed by atoms with Crippen LogP contribution in [0.3, 0.4) is 0 Å². The number of aliphatic carboxylic acids is 1. The Morgan fingerprint density at radius 2 is 1.90 bits per heavy atom. The first-order valence-corrected chi connectivity index (χ1v) is 6.82. The molecule has 0 unspecified atom stereocenters. The van der Waals surface area contributed by atoms with Crippen molar-refractivity contribution >= 4 is 11.9 Å². The molecule has 0 saturated carbocycles. The van der Waals surface area contributed by atoms with Gasteiger partial charge in [0.15, 0.2) is 6.04 Å². The van der Waals surface area contributed by atoms with Crippen LogP contribution in [0.2, 0.25) is 0 Å². The van der Waals surface area contributed by atoms with Crippen LogP contribution in [0.15, 0.2) is 30.3 Å². The van der Waals surface area contributed by atoms with Crippen LogP contribution in [-0.4, -0.2) is 35.7 Å². The molecule has 0 spiro atoms. The molecule has 0 fully saturated rings. The highest BCUT2D eigenvalue weighted by Crippen LogP contribution is 2.02. The molecule has 2 atom stereocenters. The number of rotatable bonds is 8. The topological polar surface area (TPSA) is 102 Å². The average molecular weight is 294 g/mol. The summed E-state index contributed by atoms with van der Waals surface area (Å²) in [6.07, 6.45) is 0. The van der Waals surface area contributed by atoms with Crippen molar-refractivity contribution in [2.24, 2.45) is 11.7 Å². The summed E-state index contributed by atoms with van der Waals surface area (Å²) in [6.45, 7) is 3.77. The van der Waals surface area contributed by atoms with Gasteiger partial charge in [0.25, 0.3) is 0 Å². The Morgan fingerprint density at radius 3 is 2.43 bits per heavy atom. The smallest absolute Gasteiger partial charge is 0.328 e. The van der Waals surface area contributed by atoms with Crippen LogP contribution < -0.4 is 11.1 Å². The number of hydrogen-bond acceptors (Lipinski definition) is 4. The molecule has 0 aliphatic carbocycles. The number of hydrogen-bond donors (Lipinski definition) is 3. The summed E-state index contributed by atoms with van der Waals surface area (Å²) in [4.78, 5) is 22.9. The molecular weight excluding hydrogens is 272 g/mol. The van der Waals surface area contributed by atoms with Crippen LogP contribution in [0, 0.1) is 5.92 Å². The van der Waals surface area contributed by atoms with Crippen molar-refractivity contribution in [2.45, 2.75) is 32.5 Å². The molecule has 1 amide bonds. The number of ether oxygens (including phenoxy) is 1. The molecule has 0 aliphatic rings. The van der Waals surface area contributed by atoms with Crippen molar-refractivity contribution < 1.29 is 19.4 Å². The first kappa shape index (κ1) is 17.1. The Bertz CT molecular complexity index is 462. The zero-order valence-corrected chi connectivity index (χ0v) is 12.3. The summed E-state index contributed by atoms with van der Waals surface area (Å²) in [6, 6.07) is 7.54. The highest BCUT2D eigenvalue weighted by molar-refractivity contribution is 5.87. The number of benzene rings is 1. The van der Waals surface area contributed by atoms with Gasteiger partial charge in [-0.25, -0.2) is 4.79 Å². The average Bonchev–Trinajstić information content (AvgIpc) is 2.46. The van der Waals surface area contributed by atoms with Crippen LogP contribution >= 0.6 is 0 Å². The molecule has 21 heavy (non-hydrogen) atoms. The summed E-state index contributed by atoms with van der Waals surface area (Å²) >= 11 is 0. The third-order valence-corrected chi connectivity index (χ3v) is 3.03. The quantitative estimate of drug-likeness (QED) is 0.657. The van der Waals surface area contributed by atoms with E-state index in [0.29, 0.717) is 0 Å². The number of nitrogens with two attached hydrogens (primary N) is 1. The molecule has 0 bridgehead atoms. The van der Waals surface area contributed by atoms with Gasteiger partial charge in [-0.2, -0.15) is 0 Å². The number of carboxylic acids is 1. The van der Waals surface area contributed by atoms with E-state index in [9.17, 15) is 9.59 Å². The number of carboxylic acid groups (broad SMARTS) is 1. The third-order valence-electron chi connectivity index (χ3n) is 3.03. The van der Waals surface area contributed by atoms with Gasteiger partial charge < -0.3 is 20.9 Å². The zero-order chi connectivity index (χ0) is 15.8. The van der Waals surface area contributed by atoms with E-state index in [0.717, 1.165) is 5.56 Å². The highest BCUT2D eigenvalue weighted by atomic mass is 16.5. The van der Waals surface area contributed by atoms with Gasteiger partial charge in [0.05, 0.1) is 19.3 Å². The minimum Gasteiger partial charge on any atom is -0.480 e. The lowest BCUT2D eigenvalue weighted by Crippen LogP contribution is -2.51. The summed E-state index contributed by atoms with van der Waals surface area (Å²) in [7, 11) is 0. The molecule has 6 heteroatoms. The molecule has 1 rings (SSSR count). The van der Waals surface area contributed by atoms with Crippen LogP contribution in [0.5, 0.6) is 0 Å². The van der Waals surface area contributed by atoms with Crippen molar-refractivity contribution in [1.29, 1.82) is 0 Å². The second-order valence-corrected chi connectivity index (χ2v) is 5.17. The van der Waals surface area contributed by atoms with Gasteiger partial charge >= 0.3 is 5.97 Å². The van der Waals surface area contributed by atoms with E-state index in [1.165, 1.54) is 0 Å². The molecule has 116 valence electrons. The van der Waals surface area contributed by atoms with E-state index in [4.69, 9.17) is 15.6 Å². The van der Waals surface area contributed by atoms with Gasteiger partial charge in [-0.1, -0.05) is 44.2 Å². The predicted molar refractivity (Wildman–Crippen MR) is 78.5 cm³/mol. The SMILES string of the molecule is CC(C)[C@@H](N)C(=O)N[C@@H](COCc1ccccc1)C(=O)O. The Labute approximate surface area is 124 Å². The van der Waals surface area contributed by atoms with Crippen LogP contribution in [0.25, 0.3) is 0 Å². The number of carbonyl (C=O) groups excluding carboxylic acids is 1. The summed E-state index contributed by atoms with van der Waals surface area (Å²) < 4.78 is 5.35. The fourth-order valence-corrected chi connectivity index (χ4v) is 1.61. The maximum atomic E-state index is 11.8. The van der Waals surface area contributed by atoms with Crippen molar-refractivity contribution in [1.82, 2.24) is 5.32 Å². The first-order chi connectivity index (χ1) is 9.91. The summed E-state index contributed by atoms with van der Waals surface area (Å²) in [5.41, 5.74) is 6.62. The summed E-state index contributed by atoms with van der Waals surface area (Å²) in [5, 5.41) is 11.5. The Morgan fingerprint density at radius 1 is 1.29 bits per heavy atom. The van der Waals surface area contributed by atoms with Crippen LogP contribution in [0.4, 0.5) is 0 Å². The maximum absolute atomic E-state index is 11.8. The first-order valence-electron chi connectivity index (χ1n) is 6.82. The van der Waals surface area contributed by atoms with E-state index in [-0.39, 0.29) is 19.1 Å². The predicted octanol–water partition coefficient (Wildman–Crippen LogP) is 0.756. The standard InChI is InChI=1S/C15H22N2O4/c1-10(2)13(16)14(18)17-12(15(19)20)9-21-8-11-6-4-3-5-7-11/h3-7,10,12-13H,8-9,16H2,1-2H3,(H,17,18)(H,19,20)/t12-,13+/m0/s1. The van der Waals surface area contributed by atoms with Crippen molar-refractivity contribution in [3.8, 4) is 0 Å². The molecule has 0 saturated heterocycles. The van der Waals surface area contributed by atoms with E-state index in [1.54, 1.807) is 13.8 Å². The van der Waals surface area contributed by atoms with Crippen molar-refractivity contribution in [3.63, 3.8) is 0 Å². The van der Waals surface area contributed by atoms with Crippen LogP contribution in [0.1, 0.15) is 19.4 Å². The van der Waals surface area contributed by atoms with Gasteiger partial charge in [0.2, 0.25) is 5.91 Å².